The molecular weight excluding hydrogens is 444 g/mol. The van der Waals surface area contributed by atoms with Crippen LogP contribution in [-0.4, -0.2) is 7.11 Å². The van der Waals surface area contributed by atoms with Crippen LogP contribution in [0.15, 0.2) is 32.5 Å². The lowest BCUT2D eigenvalue weighted by molar-refractivity contribution is 0.410. The first-order valence-electron chi connectivity index (χ1n) is 5.26. The lowest BCUT2D eigenvalue weighted by Crippen LogP contribution is -1.95. The third-order valence-electron chi connectivity index (χ3n) is 2.59. The normalized spacial score (nSPS) is 12.5. The van der Waals surface area contributed by atoms with Gasteiger partial charge in [-0.1, -0.05) is 37.9 Å². The number of hydrogen-bond acceptors (Lipinski definition) is 2. The van der Waals surface area contributed by atoms with E-state index in [1.54, 1.807) is 18.4 Å². The van der Waals surface area contributed by atoms with E-state index in [4.69, 9.17) is 4.74 Å². The van der Waals surface area contributed by atoms with Crippen molar-refractivity contribution in [3.8, 4) is 5.75 Å². The van der Waals surface area contributed by atoms with Crippen molar-refractivity contribution in [1.29, 1.82) is 0 Å². The maximum atomic E-state index is 5.44. The van der Waals surface area contributed by atoms with Crippen LogP contribution in [-0.2, 0) is 0 Å². The highest BCUT2D eigenvalue weighted by Gasteiger charge is 2.18. The average molecular weight is 455 g/mol. The quantitative estimate of drug-likeness (QED) is 0.511. The Morgan fingerprint density at radius 2 is 1.94 bits per heavy atom. The molecule has 1 atom stereocenters. The molecule has 0 aliphatic heterocycles. The van der Waals surface area contributed by atoms with Gasteiger partial charge >= 0.3 is 0 Å². The third-order valence-corrected chi connectivity index (χ3v) is 6.58. The minimum atomic E-state index is 0.149. The Hall–Kier alpha value is 0.160. The van der Waals surface area contributed by atoms with E-state index in [1.807, 2.05) is 12.1 Å². The number of alkyl halides is 1. The predicted molar refractivity (Wildman–Crippen MR) is 88.2 cm³/mol. The number of benzene rings is 1. The molecule has 0 fully saturated rings. The molecule has 96 valence electrons. The molecule has 2 rings (SSSR count). The second kappa shape index (κ2) is 6.07. The van der Waals surface area contributed by atoms with Gasteiger partial charge in [0.15, 0.2) is 0 Å². The van der Waals surface area contributed by atoms with Crippen molar-refractivity contribution in [3.63, 3.8) is 0 Å². The fourth-order valence-electron chi connectivity index (χ4n) is 1.66. The zero-order valence-corrected chi connectivity index (χ0v) is 15.4. The Labute approximate surface area is 136 Å². The smallest absolute Gasteiger partial charge is 0.124 e. The topological polar surface area (TPSA) is 9.23 Å². The van der Waals surface area contributed by atoms with Crippen LogP contribution in [0.4, 0.5) is 0 Å². The van der Waals surface area contributed by atoms with Crippen molar-refractivity contribution in [2.45, 2.75) is 11.8 Å². The van der Waals surface area contributed by atoms with Crippen molar-refractivity contribution in [2.24, 2.45) is 0 Å². The molecule has 1 unspecified atom stereocenters. The number of halogens is 3. The van der Waals surface area contributed by atoms with E-state index in [0.29, 0.717) is 0 Å². The number of hydrogen-bond donors (Lipinski definition) is 0. The minimum absolute atomic E-state index is 0.149. The molecule has 0 bridgehead atoms. The van der Waals surface area contributed by atoms with Crippen molar-refractivity contribution >= 4 is 59.1 Å². The molecule has 1 aromatic carbocycles. The molecule has 0 radical (unpaired) electrons. The highest BCUT2D eigenvalue weighted by Crippen LogP contribution is 2.42. The summed E-state index contributed by atoms with van der Waals surface area (Å²) in [5.41, 5.74) is 2.39. The summed E-state index contributed by atoms with van der Waals surface area (Å²) in [6, 6.07) is 8.28. The molecule has 0 N–H and O–H groups in total. The van der Waals surface area contributed by atoms with Crippen LogP contribution in [0.5, 0.6) is 5.75 Å². The van der Waals surface area contributed by atoms with E-state index in [9.17, 15) is 0 Å². The molecule has 0 saturated heterocycles. The Morgan fingerprint density at radius 3 is 2.50 bits per heavy atom. The van der Waals surface area contributed by atoms with Gasteiger partial charge in [0.25, 0.3) is 0 Å². The molecule has 0 aliphatic rings. The summed E-state index contributed by atoms with van der Waals surface area (Å²) in [6.45, 7) is 2.10. The molecule has 0 spiro atoms. The zero-order chi connectivity index (χ0) is 13.3. The number of ether oxygens (including phenoxy) is 1. The lowest BCUT2D eigenvalue weighted by atomic mass is 10.1. The molecule has 1 aromatic heterocycles. The Bertz CT molecular complexity index is 546. The first-order valence-corrected chi connectivity index (χ1v) is 8.58. The van der Waals surface area contributed by atoms with Gasteiger partial charge in [-0.3, -0.25) is 0 Å². The van der Waals surface area contributed by atoms with Gasteiger partial charge in [0.1, 0.15) is 5.75 Å². The SMILES string of the molecule is COc1cc(Br)ccc1C(Br)c1cc(C)c(Br)s1. The van der Waals surface area contributed by atoms with Gasteiger partial charge in [0, 0.05) is 14.9 Å². The fraction of sp³-hybridized carbons (Fsp3) is 0.231. The van der Waals surface area contributed by atoms with E-state index >= 15 is 0 Å². The van der Waals surface area contributed by atoms with Gasteiger partial charge in [-0.05, 0) is 46.6 Å². The van der Waals surface area contributed by atoms with Crippen molar-refractivity contribution in [3.05, 3.63) is 48.5 Å². The molecule has 18 heavy (non-hydrogen) atoms. The summed E-state index contributed by atoms with van der Waals surface area (Å²) in [6.07, 6.45) is 0. The first kappa shape index (κ1) is 14.6. The van der Waals surface area contributed by atoms with Crippen LogP contribution in [0.1, 0.15) is 20.8 Å². The van der Waals surface area contributed by atoms with Crippen molar-refractivity contribution in [2.75, 3.05) is 7.11 Å². The van der Waals surface area contributed by atoms with Gasteiger partial charge < -0.3 is 4.74 Å². The van der Waals surface area contributed by atoms with Crippen LogP contribution in [0.25, 0.3) is 0 Å². The van der Waals surface area contributed by atoms with Crippen LogP contribution >= 0.6 is 59.1 Å². The maximum absolute atomic E-state index is 5.44. The fourth-order valence-corrected chi connectivity index (χ4v) is 4.36. The zero-order valence-electron chi connectivity index (χ0n) is 9.84. The van der Waals surface area contributed by atoms with Gasteiger partial charge in [0.2, 0.25) is 0 Å². The summed E-state index contributed by atoms with van der Waals surface area (Å²) < 4.78 is 7.64. The predicted octanol–water partition coefficient (Wildman–Crippen LogP) is 6.07. The standard InChI is InChI=1S/C13H11Br3OS/c1-7-5-11(18-13(7)16)12(15)9-4-3-8(14)6-10(9)17-2/h3-6,12H,1-2H3. The molecule has 0 aliphatic carbocycles. The summed E-state index contributed by atoms with van der Waals surface area (Å²) in [4.78, 5) is 1.41. The first-order chi connectivity index (χ1) is 8.52. The maximum Gasteiger partial charge on any atom is 0.124 e. The molecular formula is C13H11Br3OS. The Balaban J connectivity index is 2.42. The van der Waals surface area contributed by atoms with E-state index in [-0.39, 0.29) is 4.83 Å². The summed E-state index contributed by atoms with van der Waals surface area (Å²) >= 11 is 12.5. The van der Waals surface area contributed by atoms with Crippen molar-refractivity contribution < 1.29 is 4.74 Å². The van der Waals surface area contributed by atoms with Crippen molar-refractivity contribution in [1.82, 2.24) is 0 Å². The minimum Gasteiger partial charge on any atom is -0.496 e. The number of thiophene rings is 1. The van der Waals surface area contributed by atoms with E-state index in [1.165, 1.54) is 14.2 Å². The van der Waals surface area contributed by atoms with E-state index < -0.39 is 0 Å². The highest BCUT2D eigenvalue weighted by atomic mass is 79.9. The monoisotopic (exact) mass is 452 g/mol. The second-order valence-electron chi connectivity index (χ2n) is 3.85. The molecule has 2 aromatic rings. The molecule has 1 nitrogen and oxygen atoms in total. The average Bonchev–Trinajstić information content (AvgIpc) is 2.68. The van der Waals surface area contributed by atoms with Gasteiger partial charge in [-0.15, -0.1) is 11.3 Å². The van der Waals surface area contributed by atoms with E-state index in [2.05, 4.69) is 66.8 Å². The molecule has 1 heterocycles. The lowest BCUT2D eigenvalue weighted by Gasteiger charge is -2.13. The second-order valence-corrected chi connectivity index (χ2v) is 8.09. The number of aryl methyl sites for hydroxylation is 1. The van der Waals surface area contributed by atoms with E-state index in [0.717, 1.165) is 15.8 Å². The summed E-state index contributed by atoms with van der Waals surface area (Å²) in [7, 11) is 1.70. The van der Waals surface area contributed by atoms with Gasteiger partial charge in [-0.2, -0.15) is 0 Å². The summed E-state index contributed by atoms with van der Waals surface area (Å²) in [5, 5.41) is 0. The van der Waals surface area contributed by atoms with Gasteiger partial charge in [0.05, 0.1) is 15.7 Å². The molecule has 5 heteroatoms. The van der Waals surface area contributed by atoms with Crippen LogP contribution < -0.4 is 4.74 Å². The Kier molecular flexibility index (Phi) is 4.92. The van der Waals surface area contributed by atoms with Crippen LogP contribution in [0.2, 0.25) is 0 Å². The Morgan fingerprint density at radius 1 is 1.22 bits per heavy atom. The largest absolute Gasteiger partial charge is 0.496 e. The van der Waals surface area contributed by atoms with Crippen LogP contribution in [0.3, 0.4) is 0 Å². The summed E-state index contributed by atoms with van der Waals surface area (Å²) in [5.74, 6) is 0.883. The number of rotatable bonds is 3. The highest BCUT2D eigenvalue weighted by molar-refractivity contribution is 9.11. The molecule has 0 amide bonds. The van der Waals surface area contributed by atoms with Crippen LogP contribution in [0, 0.1) is 6.92 Å². The number of methoxy groups -OCH3 is 1. The van der Waals surface area contributed by atoms with Gasteiger partial charge in [-0.25, -0.2) is 0 Å². The molecule has 0 saturated carbocycles. The third kappa shape index (κ3) is 3.00.